The standard InChI is InChI=1S/C14H29N3O2/c1-5-6-11-17(13(2)18)12-8-14(19)15-9-7-10-16(3)4/h5-12H2,1-4H3,(H,15,19). The number of carbonyl (C=O) groups is 2. The van der Waals surface area contributed by atoms with Crippen molar-refractivity contribution in [3.63, 3.8) is 0 Å². The molecule has 0 aromatic heterocycles. The van der Waals surface area contributed by atoms with Crippen molar-refractivity contribution in [3.8, 4) is 0 Å². The van der Waals surface area contributed by atoms with Crippen LogP contribution in [-0.2, 0) is 9.59 Å². The van der Waals surface area contributed by atoms with Crippen LogP contribution in [0.15, 0.2) is 0 Å². The van der Waals surface area contributed by atoms with Gasteiger partial charge in [0.05, 0.1) is 0 Å². The third-order valence-corrected chi connectivity index (χ3v) is 2.94. The molecule has 5 nitrogen and oxygen atoms in total. The maximum absolute atomic E-state index is 11.6. The molecule has 0 aromatic carbocycles. The Hall–Kier alpha value is -1.10. The summed E-state index contributed by atoms with van der Waals surface area (Å²) in [7, 11) is 4.03. The van der Waals surface area contributed by atoms with E-state index in [0.29, 0.717) is 19.5 Å². The molecule has 0 saturated heterocycles. The van der Waals surface area contributed by atoms with Crippen LogP contribution in [0.4, 0.5) is 0 Å². The first-order valence-corrected chi connectivity index (χ1v) is 7.14. The summed E-state index contributed by atoms with van der Waals surface area (Å²) < 4.78 is 0. The fourth-order valence-electron chi connectivity index (χ4n) is 1.72. The van der Waals surface area contributed by atoms with Gasteiger partial charge in [0.15, 0.2) is 0 Å². The van der Waals surface area contributed by atoms with Gasteiger partial charge in [-0.05, 0) is 33.5 Å². The Bertz CT molecular complexity index is 267. The van der Waals surface area contributed by atoms with Gasteiger partial charge in [0.25, 0.3) is 0 Å². The molecule has 0 rings (SSSR count). The molecule has 112 valence electrons. The number of amides is 2. The molecule has 0 heterocycles. The van der Waals surface area contributed by atoms with Crippen LogP contribution in [0.1, 0.15) is 39.5 Å². The summed E-state index contributed by atoms with van der Waals surface area (Å²) in [6, 6.07) is 0. The molecule has 0 fully saturated rings. The van der Waals surface area contributed by atoms with Gasteiger partial charge in [0, 0.05) is 33.0 Å². The molecular formula is C14H29N3O2. The van der Waals surface area contributed by atoms with Crippen LogP contribution in [0.2, 0.25) is 0 Å². The van der Waals surface area contributed by atoms with Crippen molar-refractivity contribution in [1.29, 1.82) is 0 Å². The maximum Gasteiger partial charge on any atom is 0.221 e. The van der Waals surface area contributed by atoms with Crippen LogP contribution in [-0.4, -0.2) is 61.9 Å². The van der Waals surface area contributed by atoms with Crippen LogP contribution in [0.25, 0.3) is 0 Å². The minimum absolute atomic E-state index is 0.0292. The molecule has 5 heteroatoms. The van der Waals surface area contributed by atoms with E-state index in [1.165, 1.54) is 0 Å². The van der Waals surface area contributed by atoms with Crippen molar-refractivity contribution in [3.05, 3.63) is 0 Å². The highest BCUT2D eigenvalue weighted by Crippen LogP contribution is 1.98. The summed E-state index contributed by atoms with van der Waals surface area (Å²) in [5.74, 6) is 0.0790. The predicted molar refractivity (Wildman–Crippen MR) is 78.0 cm³/mol. The average Bonchev–Trinajstić information content (AvgIpc) is 2.34. The third-order valence-electron chi connectivity index (χ3n) is 2.94. The van der Waals surface area contributed by atoms with E-state index in [0.717, 1.165) is 32.4 Å². The normalized spacial score (nSPS) is 10.6. The van der Waals surface area contributed by atoms with E-state index >= 15 is 0 Å². The number of hydrogen-bond acceptors (Lipinski definition) is 3. The monoisotopic (exact) mass is 271 g/mol. The third kappa shape index (κ3) is 10.5. The lowest BCUT2D eigenvalue weighted by Gasteiger charge is -2.20. The van der Waals surface area contributed by atoms with Gasteiger partial charge in [-0.3, -0.25) is 9.59 Å². The number of unbranched alkanes of at least 4 members (excludes halogenated alkanes) is 1. The second-order valence-electron chi connectivity index (χ2n) is 5.12. The summed E-state index contributed by atoms with van der Waals surface area (Å²) >= 11 is 0. The molecule has 0 aromatic rings. The molecule has 2 amide bonds. The largest absolute Gasteiger partial charge is 0.356 e. The van der Waals surface area contributed by atoms with Gasteiger partial charge in [-0.25, -0.2) is 0 Å². The van der Waals surface area contributed by atoms with Crippen molar-refractivity contribution in [1.82, 2.24) is 15.1 Å². The first-order chi connectivity index (χ1) is 8.97. The van der Waals surface area contributed by atoms with Crippen molar-refractivity contribution < 1.29 is 9.59 Å². The van der Waals surface area contributed by atoms with Crippen molar-refractivity contribution in [2.24, 2.45) is 0 Å². The lowest BCUT2D eigenvalue weighted by Crippen LogP contribution is -2.35. The summed E-state index contributed by atoms with van der Waals surface area (Å²) in [6.07, 6.45) is 3.39. The van der Waals surface area contributed by atoms with Gasteiger partial charge < -0.3 is 15.1 Å². The first kappa shape index (κ1) is 17.9. The van der Waals surface area contributed by atoms with Gasteiger partial charge >= 0.3 is 0 Å². The van der Waals surface area contributed by atoms with Crippen LogP contribution in [0, 0.1) is 0 Å². The number of hydrogen-bond donors (Lipinski definition) is 1. The molecule has 0 aliphatic heterocycles. The Morgan fingerprint density at radius 3 is 2.26 bits per heavy atom. The number of rotatable bonds is 10. The van der Waals surface area contributed by atoms with Gasteiger partial charge in [-0.2, -0.15) is 0 Å². The Labute approximate surface area is 117 Å². The first-order valence-electron chi connectivity index (χ1n) is 7.14. The van der Waals surface area contributed by atoms with Gasteiger partial charge in [0.2, 0.25) is 11.8 Å². The molecular weight excluding hydrogens is 242 g/mol. The van der Waals surface area contributed by atoms with Gasteiger partial charge in [0.1, 0.15) is 0 Å². The van der Waals surface area contributed by atoms with Crippen LogP contribution in [0.5, 0.6) is 0 Å². The number of carbonyl (C=O) groups excluding carboxylic acids is 2. The van der Waals surface area contributed by atoms with E-state index in [2.05, 4.69) is 17.1 Å². The zero-order chi connectivity index (χ0) is 14.7. The maximum atomic E-state index is 11.6. The minimum atomic E-state index is 0.0292. The van der Waals surface area contributed by atoms with E-state index in [4.69, 9.17) is 0 Å². The number of nitrogens with zero attached hydrogens (tertiary/aromatic N) is 2. The molecule has 1 N–H and O–H groups in total. The molecule has 0 spiro atoms. The van der Waals surface area contributed by atoms with Gasteiger partial charge in [-0.1, -0.05) is 13.3 Å². The number of nitrogens with one attached hydrogen (secondary N) is 1. The molecule has 0 bridgehead atoms. The second kappa shape index (κ2) is 10.8. The summed E-state index contributed by atoms with van der Waals surface area (Å²) in [6.45, 7) is 6.59. The summed E-state index contributed by atoms with van der Waals surface area (Å²) in [4.78, 5) is 26.9. The summed E-state index contributed by atoms with van der Waals surface area (Å²) in [5.41, 5.74) is 0. The predicted octanol–water partition coefficient (Wildman–Crippen LogP) is 1.09. The Balaban J connectivity index is 3.76. The molecule has 0 radical (unpaired) electrons. The Kier molecular flexibility index (Phi) is 10.2. The Morgan fingerprint density at radius 1 is 1.05 bits per heavy atom. The fraction of sp³-hybridized carbons (Fsp3) is 0.857. The van der Waals surface area contributed by atoms with E-state index in [1.807, 2.05) is 14.1 Å². The second-order valence-corrected chi connectivity index (χ2v) is 5.12. The minimum Gasteiger partial charge on any atom is -0.356 e. The van der Waals surface area contributed by atoms with E-state index < -0.39 is 0 Å². The molecule has 0 aliphatic carbocycles. The molecule has 19 heavy (non-hydrogen) atoms. The molecule has 0 atom stereocenters. The lowest BCUT2D eigenvalue weighted by atomic mass is 10.3. The quantitative estimate of drug-likeness (QED) is 0.605. The summed E-state index contributed by atoms with van der Waals surface area (Å²) in [5, 5.41) is 2.88. The van der Waals surface area contributed by atoms with E-state index in [1.54, 1.807) is 11.8 Å². The fourth-order valence-corrected chi connectivity index (χ4v) is 1.72. The zero-order valence-corrected chi connectivity index (χ0v) is 12.9. The van der Waals surface area contributed by atoms with Crippen molar-refractivity contribution in [2.45, 2.75) is 39.5 Å². The van der Waals surface area contributed by atoms with Crippen molar-refractivity contribution in [2.75, 3.05) is 40.3 Å². The van der Waals surface area contributed by atoms with Crippen LogP contribution >= 0.6 is 0 Å². The van der Waals surface area contributed by atoms with Gasteiger partial charge in [-0.15, -0.1) is 0 Å². The highest BCUT2D eigenvalue weighted by Gasteiger charge is 2.10. The zero-order valence-electron chi connectivity index (χ0n) is 12.9. The smallest absolute Gasteiger partial charge is 0.221 e. The van der Waals surface area contributed by atoms with E-state index in [9.17, 15) is 9.59 Å². The Morgan fingerprint density at radius 2 is 1.74 bits per heavy atom. The van der Waals surface area contributed by atoms with Crippen LogP contribution < -0.4 is 5.32 Å². The average molecular weight is 271 g/mol. The highest BCUT2D eigenvalue weighted by molar-refractivity contribution is 5.77. The molecule has 0 aliphatic rings. The van der Waals surface area contributed by atoms with E-state index in [-0.39, 0.29) is 11.8 Å². The molecule has 0 saturated carbocycles. The van der Waals surface area contributed by atoms with Crippen LogP contribution in [0.3, 0.4) is 0 Å². The lowest BCUT2D eigenvalue weighted by molar-refractivity contribution is -0.129. The highest BCUT2D eigenvalue weighted by atomic mass is 16.2. The topological polar surface area (TPSA) is 52.7 Å². The molecule has 0 unspecified atom stereocenters. The van der Waals surface area contributed by atoms with Crippen molar-refractivity contribution >= 4 is 11.8 Å². The SMILES string of the molecule is CCCCN(CCC(=O)NCCCN(C)C)C(C)=O.